The van der Waals surface area contributed by atoms with Crippen molar-refractivity contribution in [1.29, 1.82) is 0 Å². The Balaban J connectivity index is 1.86. The summed E-state index contributed by atoms with van der Waals surface area (Å²) in [6.45, 7) is 0. The molecule has 98 valence electrons. The van der Waals surface area contributed by atoms with Crippen LogP contribution < -0.4 is 5.32 Å². The minimum absolute atomic E-state index is 0.317. The molecular formula is C16H11NO2S. The molecule has 1 saturated heterocycles. The van der Waals surface area contributed by atoms with Gasteiger partial charge in [-0.15, -0.1) is 0 Å². The quantitative estimate of drug-likeness (QED) is 0.854. The molecular weight excluding hydrogens is 270 g/mol. The largest absolute Gasteiger partial charge is 0.290 e. The van der Waals surface area contributed by atoms with Crippen LogP contribution in [0.1, 0.15) is 5.56 Å². The number of rotatable bonds is 2. The molecule has 1 fully saturated rings. The SMILES string of the molecule is O=C1NC(=O)/C(=C/c2ccc(-c3ccccc3)cc2)S1. The van der Waals surface area contributed by atoms with Crippen molar-refractivity contribution in [3.63, 3.8) is 0 Å². The molecule has 3 nitrogen and oxygen atoms in total. The van der Waals surface area contributed by atoms with Gasteiger partial charge in [0.2, 0.25) is 0 Å². The highest BCUT2D eigenvalue weighted by Crippen LogP contribution is 2.26. The second-order valence-electron chi connectivity index (χ2n) is 4.34. The zero-order valence-corrected chi connectivity index (χ0v) is 11.3. The highest BCUT2D eigenvalue weighted by molar-refractivity contribution is 8.18. The maximum Gasteiger partial charge on any atom is 0.290 e. The molecule has 1 aliphatic rings. The summed E-state index contributed by atoms with van der Waals surface area (Å²) in [6, 6.07) is 17.9. The molecule has 1 N–H and O–H groups in total. The van der Waals surface area contributed by atoms with Crippen LogP contribution in [0.4, 0.5) is 4.79 Å². The third-order valence-corrected chi connectivity index (χ3v) is 3.77. The van der Waals surface area contributed by atoms with Crippen molar-refractivity contribution in [3.8, 4) is 11.1 Å². The Hall–Kier alpha value is -2.33. The lowest BCUT2D eigenvalue weighted by Gasteiger charge is -2.02. The first-order valence-corrected chi connectivity index (χ1v) is 6.94. The molecule has 0 aromatic heterocycles. The van der Waals surface area contributed by atoms with E-state index in [-0.39, 0.29) is 11.1 Å². The third kappa shape index (κ3) is 2.65. The van der Waals surface area contributed by atoms with Crippen molar-refractivity contribution >= 4 is 29.0 Å². The van der Waals surface area contributed by atoms with Crippen molar-refractivity contribution in [2.45, 2.75) is 0 Å². The van der Waals surface area contributed by atoms with Crippen molar-refractivity contribution in [2.24, 2.45) is 0 Å². The fraction of sp³-hybridized carbons (Fsp3) is 0. The minimum atomic E-state index is -0.327. The highest BCUT2D eigenvalue weighted by Gasteiger charge is 2.24. The van der Waals surface area contributed by atoms with Crippen LogP contribution >= 0.6 is 11.8 Å². The van der Waals surface area contributed by atoms with Crippen LogP contribution in [0.15, 0.2) is 59.5 Å². The number of imide groups is 1. The van der Waals surface area contributed by atoms with Gasteiger partial charge < -0.3 is 0 Å². The molecule has 2 amide bonds. The number of nitrogens with one attached hydrogen (secondary N) is 1. The van der Waals surface area contributed by atoms with Gasteiger partial charge in [-0.25, -0.2) is 0 Å². The number of amides is 2. The Kier molecular flexibility index (Phi) is 3.39. The fourth-order valence-electron chi connectivity index (χ4n) is 1.97. The summed E-state index contributed by atoms with van der Waals surface area (Å²) in [7, 11) is 0. The van der Waals surface area contributed by atoms with E-state index in [0.717, 1.165) is 28.5 Å². The molecule has 4 heteroatoms. The zero-order chi connectivity index (χ0) is 13.9. The van der Waals surface area contributed by atoms with Gasteiger partial charge in [0.1, 0.15) is 0 Å². The monoisotopic (exact) mass is 281 g/mol. The number of hydrogen-bond acceptors (Lipinski definition) is 3. The van der Waals surface area contributed by atoms with Gasteiger partial charge in [0.15, 0.2) is 0 Å². The highest BCUT2D eigenvalue weighted by atomic mass is 32.2. The van der Waals surface area contributed by atoms with E-state index in [0.29, 0.717) is 4.91 Å². The topological polar surface area (TPSA) is 46.2 Å². The van der Waals surface area contributed by atoms with Crippen LogP contribution in [0.25, 0.3) is 17.2 Å². The van der Waals surface area contributed by atoms with Crippen LogP contribution in [0.2, 0.25) is 0 Å². The van der Waals surface area contributed by atoms with Gasteiger partial charge >= 0.3 is 0 Å². The van der Waals surface area contributed by atoms with Gasteiger partial charge in [-0.1, -0.05) is 54.6 Å². The molecule has 0 saturated carbocycles. The van der Waals surface area contributed by atoms with Crippen LogP contribution in [0.5, 0.6) is 0 Å². The predicted molar refractivity (Wildman–Crippen MR) is 81.0 cm³/mol. The molecule has 2 aromatic rings. The zero-order valence-electron chi connectivity index (χ0n) is 10.5. The average Bonchev–Trinajstić information content (AvgIpc) is 2.79. The maximum absolute atomic E-state index is 11.5. The van der Waals surface area contributed by atoms with E-state index in [1.54, 1.807) is 6.08 Å². The molecule has 3 rings (SSSR count). The molecule has 0 spiro atoms. The van der Waals surface area contributed by atoms with E-state index < -0.39 is 0 Å². The molecule has 0 bridgehead atoms. The van der Waals surface area contributed by atoms with Crippen LogP contribution in [0.3, 0.4) is 0 Å². The fourth-order valence-corrected chi connectivity index (χ4v) is 2.66. The van der Waals surface area contributed by atoms with E-state index in [4.69, 9.17) is 0 Å². The van der Waals surface area contributed by atoms with E-state index in [9.17, 15) is 9.59 Å². The smallest absolute Gasteiger partial charge is 0.282 e. The van der Waals surface area contributed by atoms with E-state index in [2.05, 4.69) is 5.32 Å². The number of carbonyl (C=O) groups excluding carboxylic acids is 2. The predicted octanol–water partition coefficient (Wildman–Crippen LogP) is 3.68. The second kappa shape index (κ2) is 5.35. The normalized spacial score (nSPS) is 16.5. The standard InChI is InChI=1S/C16H11NO2S/c18-15-14(20-16(19)17-15)10-11-6-8-13(9-7-11)12-4-2-1-3-5-12/h1-10H,(H,17,18,19)/b14-10-. The van der Waals surface area contributed by atoms with Crippen LogP contribution in [-0.4, -0.2) is 11.1 Å². The van der Waals surface area contributed by atoms with Gasteiger partial charge in [-0.3, -0.25) is 14.9 Å². The number of thioether (sulfide) groups is 1. The van der Waals surface area contributed by atoms with E-state index >= 15 is 0 Å². The third-order valence-electron chi connectivity index (χ3n) is 2.96. The van der Waals surface area contributed by atoms with Gasteiger partial charge in [-0.05, 0) is 34.5 Å². The Morgan fingerprint density at radius 3 is 2.10 bits per heavy atom. The molecule has 0 atom stereocenters. The minimum Gasteiger partial charge on any atom is -0.282 e. The van der Waals surface area contributed by atoms with Crippen LogP contribution in [0, 0.1) is 0 Å². The Morgan fingerprint density at radius 1 is 0.850 bits per heavy atom. The molecule has 20 heavy (non-hydrogen) atoms. The molecule has 1 aliphatic heterocycles. The summed E-state index contributed by atoms with van der Waals surface area (Å²) in [5, 5.41) is 1.92. The van der Waals surface area contributed by atoms with Gasteiger partial charge in [0.05, 0.1) is 4.91 Å². The van der Waals surface area contributed by atoms with E-state index in [1.807, 2.05) is 54.6 Å². The summed E-state index contributed by atoms with van der Waals surface area (Å²) in [4.78, 5) is 23.0. The molecule has 0 aliphatic carbocycles. The lowest BCUT2D eigenvalue weighted by atomic mass is 10.0. The summed E-state index contributed by atoms with van der Waals surface area (Å²) in [5.41, 5.74) is 3.17. The summed E-state index contributed by atoms with van der Waals surface area (Å²) in [5.74, 6) is -0.327. The van der Waals surface area contributed by atoms with E-state index in [1.165, 1.54) is 0 Å². The molecule has 0 unspecified atom stereocenters. The summed E-state index contributed by atoms with van der Waals surface area (Å²) >= 11 is 0.931. The average molecular weight is 281 g/mol. The Morgan fingerprint density at radius 2 is 1.50 bits per heavy atom. The van der Waals surface area contributed by atoms with Gasteiger partial charge in [0.25, 0.3) is 11.1 Å². The van der Waals surface area contributed by atoms with Crippen molar-refractivity contribution in [1.82, 2.24) is 5.32 Å². The lowest BCUT2D eigenvalue weighted by molar-refractivity contribution is -0.115. The Bertz CT molecular complexity index is 690. The molecule has 2 aromatic carbocycles. The van der Waals surface area contributed by atoms with Crippen molar-refractivity contribution in [3.05, 3.63) is 65.1 Å². The van der Waals surface area contributed by atoms with Gasteiger partial charge in [0, 0.05) is 0 Å². The summed E-state index contributed by atoms with van der Waals surface area (Å²) < 4.78 is 0. The Labute approximate surface area is 120 Å². The molecule has 1 heterocycles. The number of carbonyl (C=O) groups is 2. The van der Waals surface area contributed by atoms with Gasteiger partial charge in [-0.2, -0.15) is 0 Å². The van der Waals surface area contributed by atoms with Crippen molar-refractivity contribution < 1.29 is 9.59 Å². The lowest BCUT2D eigenvalue weighted by Crippen LogP contribution is -2.17. The van der Waals surface area contributed by atoms with Crippen LogP contribution in [-0.2, 0) is 4.79 Å². The second-order valence-corrected chi connectivity index (χ2v) is 5.36. The maximum atomic E-state index is 11.5. The first-order chi connectivity index (χ1) is 9.72. The number of hydrogen-bond donors (Lipinski definition) is 1. The molecule has 0 radical (unpaired) electrons. The first kappa shape index (κ1) is 12.7. The van der Waals surface area contributed by atoms with Crippen molar-refractivity contribution in [2.75, 3.05) is 0 Å². The first-order valence-electron chi connectivity index (χ1n) is 6.13. The number of benzene rings is 2. The summed E-state index contributed by atoms with van der Waals surface area (Å²) in [6.07, 6.45) is 1.72.